The van der Waals surface area contributed by atoms with Gasteiger partial charge in [0.25, 0.3) is 0 Å². The smallest absolute Gasteiger partial charge is 0.302 e. The molecule has 5 aliphatic carbocycles. The van der Waals surface area contributed by atoms with Crippen LogP contribution in [-0.2, 0) is 23.8 Å². The van der Waals surface area contributed by atoms with Gasteiger partial charge in [-0.25, -0.2) is 8.42 Å². The van der Waals surface area contributed by atoms with Crippen molar-refractivity contribution in [2.45, 2.75) is 182 Å². The molecule has 9 heteroatoms. The largest absolute Gasteiger partial charge is 0.462 e. The van der Waals surface area contributed by atoms with Crippen molar-refractivity contribution in [2.24, 2.45) is 51.2 Å². The summed E-state index contributed by atoms with van der Waals surface area (Å²) in [5.41, 5.74) is 2.13. The Bertz CT molecular complexity index is 1540. The topological polar surface area (TPSA) is 84.9 Å². The van der Waals surface area contributed by atoms with Gasteiger partial charge in [-0.1, -0.05) is 67.5 Å². The fourth-order valence-electron chi connectivity index (χ4n) is 14.5. The zero-order chi connectivity index (χ0) is 40.1. The fourth-order valence-corrected chi connectivity index (χ4v) is 17.2. The van der Waals surface area contributed by atoms with E-state index >= 15 is 0 Å². The highest BCUT2D eigenvalue weighted by atomic mass is 32.2. The molecule has 6 fully saturated rings. The molecule has 310 valence electrons. The summed E-state index contributed by atoms with van der Waals surface area (Å²) in [4.78, 5) is 14.6. The summed E-state index contributed by atoms with van der Waals surface area (Å²) >= 11 is 0. The Kier molecular flexibility index (Phi) is 11.3. The van der Waals surface area contributed by atoms with Crippen molar-refractivity contribution in [1.82, 2.24) is 10.2 Å². The number of esters is 1. The molecule has 6 aliphatic rings. The Morgan fingerprint density at radius 1 is 0.889 bits per heavy atom. The van der Waals surface area contributed by atoms with Gasteiger partial charge in [0.15, 0.2) is 18.2 Å². The van der Waals surface area contributed by atoms with Crippen molar-refractivity contribution < 1.29 is 22.4 Å². The third-order valence-electron chi connectivity index (χ3n) is 18.7. The lowest BCUT2D eigenvalue weighted by Crippen LogP contribution is -2.69. The van der Waals surface area contributed by atoms with E-state index in [0.29, 0.717) is 42.7 Å². The van der Waals surface area contributed by atoms with Crippen LogP contribution in [0, 0.1) is 51.2 Å². The van der Waals surface area contributed by atoms with Crippen LogP contribution in [0.25, 0.3) is 0 Å². The number of hydrogen-bond acceptors (Lipinski definition) is 7. The molecule has 1 saturated heterocycles. The van der Waals surface area contributed by atoms with Gasteiger partial charge in [0.05, 0.1) is 17.6 Å². The predicted molar refractivity (Wildman–Crippen MR) is 225 cm³/mol. The quantitative estimate of drug-likeness (QED) is 0.142. The van der Waals surface area contributed by atoms with Crippen LogP contribution in [0.1, 0.15) is 140 Å². The summed E-state index contributed by atoms with van der Waals surface area (Å²) in [5, 5.41) is 4.49. The van der Waals surface area contributed by atoms with Crippen molar-refractivity contribution in [3.05, 3.63) is 12.2 Å². The van der Waals surface area contributed by atoms with Gasteiger partial charge in [-0.2, -0.15) is 0 Å². The Morgan fingerprint density at radius 2 is 1.54 bits per heavy atom. The first-order valence-electron chi connectivity index (χ1n) is 21.9. The second-order valence-electron chi connectivity index (χ2n) is 22.5. The van der Waals surface area contributed by atoms with Gasteiger partial charge in [-0.3, -0.25) is 9.69 Å². The van der Waals surface area contributed by atoms with Gasteiger partial charge in [0.1, 0.15) is 6.10 Å². The Hall–Kier alpha value is -0.743. The molecule has 0 aromatic heterocycles. The van der Waals surface area contributed by atoms with Gasteiger partial charge < -0.3 is 14.5 Å². The first kappa shape index (κ1) is 42.9. The maximum Gasteiger partial charge on any atom is 0.302 e. The third kappa shape index (κ3) is 6.97. The first-order valence-corrected chi connectivity index (χ1v) is 26.7. The molecular weight excluding hydrogens is 709 g/mol. The predicted octanol–water partition coefficient (Wildman–Crippen LogP) is 9.43. The summed E-state index contributed by atoms with van der Waals surface area (Å²) < 4.78 is 38.3. The van der Waals surface area contributed by atoms with E-state index in [1.165, 1.54) is 56.9 Å². The minimum Gasteiger partial charge on any atom is -0.462 e. The summed E-state index contributed by atoms with van der Waals surface area (Å²) in [7, 11) is -5.04. The third-order valence-corrected chi connectivity index (χ3v) is 24.8. The van der Waals surface area contributed by atoms with Crippen LogP contribution in [0.2, 0.25) is 18.1 Å². The van der Waals surface area contributed by atoms with Crippen molar-refractivity contribution in [3.63, 3.8) is 0 Å². The number of nitrogens with one attached hydrogen (secondary N) is 1. The lowest BCUT2D eigenvalue weighted by molar-refractivity contribution is -0.246. The number of rotatable bonds is 9. The number of hydrogen-bond donors (Lipinski definition) is 1. The molecule has 1 heterocycles. The van der Waals surface area contributed by atoms with E-state index in [9.17, 15) is 13.2 Å². The van der Waals surface area contributed by atoms with Gasteiger partial charge in [0, 0.05) is 43.6 Å². The maximum atomic E-state index is 12.6. The van der Waals surface area contributed by atoms with Crippen molar-refractivity contribution >= 4 is 24.1 Å². The summed E-state index contributed by atoms with van der Waals surface area (Å²) in [6, 6.07) is 0.121. The summed E-state index contributed by atoms with van der Waals surface area (Å²) in [5.74, 6) is 3.26. The van der Waals surface area contributed by atoms with Gasteiger partial charge in [-0.05, 0) is 142 Å². The molecule has 6 rings (SSSR count). The standard InChI is InChI=1S/C45H80N2O5SSi/c1-30(2)33-17-22-45(46-29-35(47-25-27-53(49,50)28-26-47)31(3)52-54(13,14)40(5,6)7)24-23-43(11)34(39(33)45)15-16-37-42(10)20-19-38(51-32(4)48)41(8,9)36(42)18-21-44(37,43)12/h31,33-39,46H,1,15-29H2,2-14H3/t31?,33-,34+,35?,36-,37+,38-,39+,42-,43+,44+,45-/m0/s1. The lowest BCUT2D eigenvalue weighted by Gasteiger charge is -2.73. The van der Waals surface area contributed by atoms with E-state index in [-0.39, 0.29) is 68.0 Å². The molecule has 0 spiro atoms. The van der Waals surface area contributed by atoms with Crippen LogP contribution >= 0.6 is 0 Å². The molecule has 5 saturated carbocycles. The minimum absolute atomic E-state index is 0.00621. The normalized spacial score (nSPS) is 43.1. The SMILES string of the molecule is C=C(C)[C@@H]1CC[C@]2(NCC(C(C)O[Si](C)(C)C(C)(C)C)N3CCS(=O)(=O)CC3)CC[C@]3(C)[C@H](CC[C@@H]4[C@@]5(C)CC[C@H](OC(C)=O)C(C)(C)[C@@H]5CC[C@]43C)[C@@H]12. The number of carbonyl (C=O) groups excluding carboxylic acids is 1. The van der Waals surface area contributed by atoms with Gasteiger partial charge in [0.2, 0.25) is 0 Å². The molecular formula is C45H80N2O5SSi. The molecule has 0 amide bonds. The van der Waals surface area contributed by atoms with Gasteiger partial charge in [-0.15, -0.1) is 0 Å². The monoisotopic (exact) mass is 789 g/mol. The highest BCUT2D eigenvalue weighted by Crippen LogP contribution is 2.76. The number of ether oxygens (including phenoxy) is 1. The van der Waals surface area contributed by atoms with Crippen LogP contribution in [0.5, 0.6) is 0 Å². The van der Waals surface area contributed by atoms with Crippen LogP contribution in [0.15, 0.2) is 12.2 Å². The Morgan fingerprint density at radius 3 is 2.13 bits per heavy atom. The molecule has 1 aliphatic heterocycles. The maximum absolute atomic E-state index is 12.6. The second-order valence-corrected chi connectivity index (χ2v) is 29.6. The molecule has 0 aromatic carbocycles. The minimum atomic E-state index is -2.99. The Balaban J connectivity index is 1.29. The summed E-state index contributed by atoms with van der Waals surface area (Å²) in [6.45, 7) is 37.2. The van der Waals surface area contributed by atoms with E-state index in [2.05, 4.69) is 99.1 Å². The molecule has 1 N–H and O–H groups in total. The average Bonchev–Trinajstić information content (AvgIpc) is 3.43. The number of nitrogens with zero attached hydrogens (tertiary/aromatic N) is 1. The second kappa shape index (κ2) is 14.2. The van der Waals surface area contributed by atoms with E-state index < -0.39 is 18.2 Å². The highest BCUT2D eigenvalue weighted by molar-refractivity contribution is 7.91. The number of sulfone groups is 1. The molecule has 12 atom stereocenters. The number of fused-ring (bicyclic) bond motifs is 7. The first-order chi connectivity index (χ1) is 24.7. The van der Waals surface area contributed by atoms with Crippen LogP contribution in [0.4, 0.5) is 0 Å². The molecule has 0 aromatic rings. The number of allylic oxidation sites excluding steroid dienone is 1. The van der Waals surface area contributed by atoms with Crippen molar-refractivity contribution in [2.75, 3.05) is 31.1 Å². The van der Waals surface area contributed by atoms with Gasteiger partial charge >= 0.3 is 5.97 Å². The molecule has 54 heavy (non-hydrogen) atoms. The zero-order valence-electron chi connectivity index (χ0n) is 36.8. The highest BCUT2D eigenvalue weighted by Gasteiger charge is 2.71. The lowest BCUT2D eigenvalue weighted by atomic mass is 9.32. The van der Waals surface area contributed by atoms with Crippen LogP contribution in [0.3, 0.4) is 0 Å². The Labute approximate surface area is 332 Å². The van der Waals surface area contributed by atoms with E-state index in [1.807, 2.05) is 0 Å². The zero-order valence-corrected chi connectivity index (χ0v) is 38.6. The van der Waals surface area contributed by atoms with Crippen LogP contribution in [-0.4, -0.2) is 82.5 Å². The summed E-state index contributed by atoms with van der Waals surface area (Å²) in [6.07, 6.45) is 12.0. The van der Waals surface area contributed by atoms with Crippen LogP contribution < -0.4 is 5.32 Å². The van der Waals surface area contributed by atoms with E-state index in [4.69, 9.17) is 9.16 Å². The molecule has 2 unspecified atom stereocenters. The van der Waals surface area contributed by atoms with Crippen molar-refractivity contribution in [3.8, 4) is 0 Å². The fraction of sp³-hybridized carbons (Fsp3) is 0.933. The number of carbonyl (C=O) groups is 1. The van der Waals surface area contributed by atoms with E-state index in [0.717, 1.165) is 19.4 Å². The molecule has 7 nitrogen and oxygen atoms in total. The van der Waals surface area contributed by atoms with E-state index in [1.54, 1.807) is 6.92 Å². The molecule has 0 bridgehead atoms. The molecule has 0 radical (unpaired) electrons. The average molecular weight is 789 g/mol. The van der Waals surface area contributed by atoms with Crippen molar-refractivity contribution in [1.29, 1.82) is 0 Å².